The molecule has 0 spiro atoms. The summed E-state index contributed by atoms with van der Waals surface area (Å²) in [5.74, 6) is -0.119. The van der Waals surface area contributed by atoms with E-state index in [4.69, 9.17) is 16.9 Å². The van der Waals surface area contributed by atoms with Crippen LogP contribution in [0.25, 0.3) is 0 Å². The number of hydrogen-bond acceptors (Lipinski definition) is 3. The molecule has 0 aromatic heterocycles. The summed E-state index contributed by atoms with van der Waals surface area (Å²) in [6.45, 7) is 0. The average molecular weight is 306 g/mol. The minimum Gasteiger partial charge on any atom is -0.228 e. The van der Waals surface area contributed by atoms with Gasteiger partial charge in [0.15, 0.2) is 9.84 Å². The molecule has 0 amide bonds. The van der Waals surface area contributed by atoms with Crippen LogP contribution in [0.4, 0.5) is 0 Å². The number of halogens is 1. The highest BCUT2D eigenvalue weighted by Gasteiger charge is 2.13. The molecule has 0 radical (unpaired) electrons. The van der Waals surface area contributed by atoms with Crippen molar-refractivity contribution in [2.45, 2.75) is 11.5 Å². The molecule has 2 aromatic carbocycles. The van der Waals surface area contributed by atoms with Gasteiger partial charge in [-0.25, -0.2) is 8.42 Å². The topological polar surface area (TPSA) is 57.9 Å². The van der Waals surface area contributed by atoms with E-state index in [2.05, 4.69) is 0 Å². The third-order valence-electron chi connectivity index (χ3n) is 2.74. The smallest absolute Gasteiger partial charge is 0.158 e. The molecule has 3 nitrogen and oxygen atoms in total. The van der Waals surface area contributed by atoms with Crippen LogP contribution in [-0.4, -0.2) is 8.42 Å². The molecule has 2 aromatic rings. The summed E-state index contributed by atoms with van der Waals surface area (Å²) < 4.78 is 24.3. The lowest BCUT2D eigenvalue weighted by molar-refractivity contribution is 0.594. The molecule has 0 aliphatic heterocycles. The van der Waals surface area contributed by atoms with Crippen LogP contribution in [0.5, 0.6) is 0 Å². The van der Waals surface area contributed by atoms with Gasteiger partial charge in [0, 0.05) is 5.02 Å². The second kappa shape index (κ2) is 6.08. The van der Waals surface area contributed by atoms with Gasteiger partial charge in [-0.1, -0.05) is 35.9 Å². The molecule has 0 saturated carbocycles. The van der Waals surface area contributed by atoms with Crippen molar-refractivity contribution >= 4 is 21.4 Å². The summed E-state index contributed by atoms with van der Waals surface area (Å²) in [6.07, 6.45) is 0. The average Bonchev–Trinajstić information content (AvgIpc) is 2.41. The van der Waals surface area contributed by atoms with Gasteiger partial charge < -0.3 is 0 Å². The van der Waals surface area contributed by atoms with Crippen molar-refractivity contribution in [3.63, 3.8) is 0 Å². The van der Waals surface area contributed by atoms with E-state index in [1.54, 1.807) is 48.5 Å². The normalized spacial score (nSPS) is 11.0. The summed E-state index contributed by atoms with van der Waals surface area (Å²) in [6, 6.07) is 15.4. The Bertz CT molecular complexity index is 746. The summed E-state index contributed by atoms with van der Waals surface area (Å²) in [5.41, 5.74) is 1.79. The van der Waals surface area contributed by atoms with Crippen molar-refractivity contribution in [2.24, 2.45) is 0 Å². The maximum Gasteiger partial charge on any atom is 0.158 e. The molecular formula is C15H12ClNO2S. The SMILES string of the molecule is N#Cc1cccc(CS(=O)(=O)Cc2ccc(Cl)cc2)c1. The van der Waals surface area contributed by atoms with Crippen molar-refractivity contribution in [3.8, 4) is 6.07 Å². The molecule has 2 rings (SSSR count). The van der Waals surface area contributed by atoms with Crippen LogP contribution < -0.4 is 0 Å². The summed E-state index contributed by atoms with van der Waals surface area (Å²) in [7, 11) is -3.28. The van der Waals surface area contributed by atoms with Gasteiger partial charge in [0.1, 0.15) is 0 Å². The predicted molar refractivity (Wildman–Crippen MR) is 78.9 cm³/mol. The molecule has 0 unspecified atom stereocenters. The zero-order valence-electron chi connectivity index (χ0n) is 10.6. The molecule has 0 N–H and O–H groups in total. The third-order valence-corrected chi connectivity index (χ3v) is 4.54. The number of rotatable bonds is 4. The van der Waals surface area contributed by atoms with Crippen molar-refractivity contribution in [3.05, 3.63) is 70.2 Å². The Morgan fingerprint density at radius 2 is 1.65 bits per heavy atom. The van der Waals surface area contributed by atoms with Crippen LogP contribution in [0.3, 0.4) is 0 Å². The molecule has 0 aliphatic rings. The van der Waals surface area contributed by atoms with Gasteiger partial charge in [0.05, 0.1) is 23.1 Å². The molecule has 0 atom stereocenters. The second-order valence-electron chi connectivity index (χ2n) is 4.47. The Balaban J connectivity index is 2.15. The number of nitriles is 1. The lowest BCUT2D eigenvalue weighted by atomic mass is 10.2. The first kappa shape index (κ1) is 14.6. The highest BCUT2D eigenvalue weighted by atomic mass is 35.5. The molecule has 5 heteroatoms. The summed E-state index contributed by atoms with van der Waals surface area (Å²) >= 11 is 5.77. The number of sulfone groups is 1. The fraction of sp³-hybridized carbons (Fsp3) is 0.133. The maximum atomic E-state index is 12.1. The molecular weight excluding hydrogens is 294 g/mol. The standard InChI is InChI=1S/C15H12ClNO2S/c16-15-6-4-12(5-7-15)10-20(18,19)11-14-3-1-2-13(8-14)9-17/h1-8H,10-11H2. The van der Waals surface area contributed by atoms with Crippen molar-refractivity contribution in [1.82, 2.24) is 0 Å². The maximum absolute atomic E-state index is 12.1. The highest BCUT2D eigenvalue weighted by Crippen LogP contribution is 2.15. The summed E-state index contributed by atoms with van der Waals surface area (Å²) in [5, 5.41) is 9.39. The Kier molecular flexibility index (Phi) is 4.43. The van der Waals surface area contributed by atoms with Crippen LogP contribution in [0.1, 0.15) is 16.7 Å². The van der Waals surface area contributed by atoms with Crippen LogP contribution in [0.2, 0.25) is 5.02 Å². The van der Waals surface area contributed by atoms with Crippen molar-refractivity contribution in [2.75, 3.05) is 0 Å². The molecule has 20 heavy (non-hydrogen) atoms. The van der Waals surface area contributed by atoms with Gasteiger partial charge >= 0.3 is 0 Å². The second-order valence-corrected chi connectivity index (χ2v) is 6.97. The minimum atomic E-state index is -3.28. The molecule has 0 bridgehead atoms. The Hall–Kier alpha value is -1.83. The minimum absolute atomic E-state index is 0.0407. The van der Waals surface area contributed by atoms with E-state index in [1.165, 1.54) is 0 Å². The zero-order chi connectivity index (χ0) is 14.6. The van der Waals surface area contributed by atoms with E-state index >= 15 is 0 Å². The molecule has 0 heterocycles. The largest absolute Gasteiger partial charge is 0.228 e. The Labute approximate surface area is 123 Å². The first-order valence-corrected chi connectivity index (χ1v) is 8.12. The first-order valence-electron chi connectivity index (χ1n) is 5.92. The van der Waals surface area contributed by atoms with Gasteiger partial charge in [-0.2, -0.15) is 5.26 Å². The van der Waals surface area contributed by atoms with Crippen LogP contribution in [0, 0.1) is 11.3 Å². The predicted octanol–water partition coefficient (Wildman–Crippen LogP) is 3.33. The lowest BCUT2D eigenvalue weighted by Gasteiger charge is -2.05. The first-order chi connectivity index (χ1) is 9.48. The van der Waals surface area contributed by atoms with Gasteiger partial charge in [-0.15, -0.1) is 0 Å². The number of hydrogen-bond donors (Lipinski definition) is 0. The van der Waals surface area contributed by atoms with Gasteiger partial charge in [0.2, 0.25) is 0 Å². The lowest BCUT2D eigenvalue weighted by Crippen LogP contribution is -2.07. The number of nitrogens with zero attached hydrogens (tertiary/aromatic N) is 1. The molecule has 0 saturated heterocycles. The van der Waals surface area contributed by atoms with Crippen LogP contribution >= 0.6 is 11.6 Å². The Morgan fingerprint density at radius 3 is 2.30 bits per heavy atom. The molecule has 0 aliphatic carbocycles. The van der Waals surface area contributed by atoms with Gasteiger partial charge in [-0.3, -0.25) is 0 Å². The van der Waals surface area contributed by atoms with Gasteiger partial charge in [-0.05, 0) is 35.4 Å². The quantitative estimate of drug-likeness (QED) is 0.870. The molecule has 102 valence electrons. The van der Waals surface area contributed by atoms with Gasteiger partial charge in [0.25, 0.3) is 0 Å². The van der Waals surface area contributed by atoms with E-state index in [0.29, 0.717) is 21.7 Å². The van der Waals surface area contributed by atoms with Crippen molar-refractivity contribution in [1.29, 1.82) is 5.26 Å². The fourth-order valence-corrected chi connectivity index (χ4v) is 3.49. The zero-order valence-corrected chi connectivity index (χ0v) is 12.2. The van der Waals surface area contributed by atoms with E-state index in [-0.39, 0.29) is 11.5 Å². The highest BCUT2D eigenvalue weighted by molar-refractivity contribution is 7.89. The van der Waals surface area contributed by atoms with Crippen molar-refractivity contribution < 1.29 is 8.42 Å². The van der Waals surface area contributed by atoms with E-state index in [1.807, 2.05) is 6.07 Å². The summed E-state index contributed by atoms with van der Waals surface area (Å²) in [4.78, 5) is 0. The van der Waals surface area contributed by atoms with Crippen LogP contribution in [-0.2, 0) is 21.3 Å². The number of benzene rings is 2. The van der Waals surface area contributed by atoms with Crippen LogP contribution in [0.15, 0.2) is 48.5 Å². The molecule has 0 fully saturated rings. The van der Waals surface area contributed by atoms with E-state index in [0.717, 1.165) is 0 Å². The van der Waals surface area contributed by atoms with E-state index in [9.17, 15) is 8.42 Å². The Morgan fingerprint density at radius 1 is 1.00 bits per heavy atom. The fourth-order valence-electron chi connectivity index (χ4n) is 1.87. The monoisotopic (exact) mass is 305 g/mol. The third kappa shape index (κ3) is 4.09. The van der Waals surface area contributed by atoms with E-state index < -0.39 is 9.84 Å².